The Hall–Kier alpha value is -0.0831. The zero-order valence-corrected chi connectivity index (χ0v) is 7.61. The van der Waals surface area contributed by atoms with Crippen molar-refractivity contribution in [2.75, 3.05) is 6.61 Å². The summed E-state index contributed by atoms with van der Waals surface area (Å²) in [4.78, 5) is 0. The maximum atomic E-state index is 5.54. The summed E-state index contributed by atoms with van der Waals surface area (Å²) in [5, 5.41) is 0. The Morgan fingerprint density at radius 3 is 2.33 bits per heavy atom. The highest BCUT2D eigenvalue weighted by molar-refractivity contribution is 6.69. The van der Waals surface area contributed by atoms with Crippen molar-refractivity contribution < 1.29 is 4.43 Å². The van der Waals surface area contributed by atoms with Gasteiger partial charge in [-0.25, -0.2) is 0 Å². The summed E-state index contributed by atoms with van der Waals surface area (Å²) in [5.74, 6) is 0. The van der Waals surface area contributed by atoms with Crippen LogP contribution in [-0.2, 0) is 4.43 Å². The molecule has 9 heavy (non-hydrogen) atoms. The minimum absolute atomic E-state index is 0.846. The summed E-state index contributed by atoms with van der Waals surface area (Å²) < 4.78 is 5.54. The van der Waals surface area contributed by atoms with Crippen molar-refractivity contribution in [1.82, 2.24) is 0 Å². The fourth-order valence-corrected chi connectivity index (χ4v) is 1.18. The summed E-state index contributed by atoms with van der Waals surface area (Å²) in [6.45, 7) is 11.0. The van der Waals surface area contributed by atoms with Crippen LogP contribution in [0.25, 0.3) is 0 Å². The van der Waals surface area contributed by atoms with E-state index in [9.17, 15) is 0 Å². The van der Waals surface area contributed by atoms with Crippen LogP contribution in [0.15, 0.2) is 12.7 Å². The van der Waals surface area contributed by atoms with Crippen molar-refractivity contribution in [2.45, 2.75) is 26.1 Å². The lowest BCUT2D eigenvalue weighted by Gasteiger charge is -2.15. The molecule has 0 spiro atoms. The first-order valence-electron chi connectivity index (χ1n) is 3.31. The van der Waals surface area contributed by atoms with Gasteiger partial charge in [-0.1, -0.05) is 6.08 Å². The van der Waals surface area contributed by atoms with Gasteiger partial charge in [0.2, 0.25) is 0 Å². The molecule has 0 aromatic rings. The summed E-state index contributed by atoms with van der Waals surface area (Å²) in [7, 11) is -1.24. The van der Waals surface area contributed by atoms with E-state index < -0.39 is 8.32 Å². The lowest BCUT2D eigenvalue weighted by Crippen LogP contribution is -2.25. The van der Waals surface area contributed by atoms with Crippen LogP contribution >= 0.6 is 0 Å². The van der Waals surface area contributed by atoms with Crippen LogP contribution in [0.4, 0.5) is 0 Å². The van der Waals surface area contributed by atoms with Crippen molar-refractivity contribution >= 4 is 8.32 Å². The summed E-state index contributed by atoms with van der Waals surface area (Å²) in [5.41, 5.74) is 0. The van der Waals surface area contributed by atoms with E-state index in [1.54, 1.807) is 0 Å². The first-order valence-corrected chi connectivity index (χ1v) is 6.72. The molecule has 0 saturated heterocycles. The molecule has 0 rings (SSSR count). The van der Waals surface area contributed by atoms with Crippen LogP contribution in [0.5, 0.6) is 0 Å². The van der Waals surface area contributed by atoms with Gasteiger partial charge in [0.15, 0.2) is 8.32 Å². The molecule has 0 fully saturated rings. The fourth-order valence-electron chi connectivity index (χ4n) is 0.448. The van der Waals surface area contributed by atoms with Crippen LogP contribution in [0.2, 0.25) is 19.6 Å². The Morgan fingerprint density at radius 1 is 1.44 bits per heavy atom. The minimum atomic E-state index is -1.24. The van der Waals surface area contributed by atoms with Crippen molar-refractivity contribution in [3.8, 4) is 0 Å². The highest BCUT2D eigenvalue weighted by Gasteiger charge is 2.12. The van der Waals surface area contributed by atoms with E-state index >= 15 is 0 Å². The molecule has 0 radical (unpaired) electrons. The average Bonchev–Trinajstić information content (AvgIpc) is 1.63. The first kappa shape index (κ1) is 8.92. The van der Waals surface area contributed by atoms with Crippen LogP contribution in [0.1, 0.15) is 6.42 Å². The molecule has 0 N–H and O–H groups in total. The first-order chi connectivity index (χ1) is 4.06. The van der Waals surface area contributed by atoms with Gasteiger partial charge in [0.25, 0.3) is 0 Å². The van der Waals surface area contributed by atoms with Crippen LogP contribution in [-0.4, -0.2) is 14.9 Å². The average molecular weight is 144 g/mol. The van der Waals surface area contributed by atoms with Gasteiger partial charge < -0.3 is 4.43 Å². The van der Waals surface area contributed by atoms with E-state index in [2.05, 4.69) is 26.2 Å². The topological polar surface area (TPSA) is 9.23 Å². The highest BCUT2D eigenvalue weighted by Crippen LogP contribution is 2.02. The van der Waals surface area contributed by atoms with Gasteiger partial charge in [-0.3, -0.25) is 0 Å². The van der Waals surface area contributed by atoms with Crippen molar-refractivity contribution in [3.05, 3.63) is 12.7 Å². The number of hydrogen-bond donors (Lipinski definition) is 0. The van der Waals surface area contributed by atoms with Gasteiger partial charge >= 0.3 is 0 Å². The molecule has 2 heteroatoms. The van der Waals surface area contributed by atoms with E-state index in [1.807, 2.05) is 6.08 Å². The molecule has 0 aliphatic heterocycles. The largest absolute Gasteiger partial charge is 0.417 e. The maximum absolute atomic E-state index is 5.54. The predicted molar refractivity (Wildman–Crippen MR) is 44.1 cm³/mol. The standard InChI is InChI=1S/C7H16OSi/c1-5-6-7-8-9(2,3)4/h5H,1,6-7H2,2-4H3. The van der Waals surface area contributed by atoms with Gasteiger partial charge in [-0.15, -0.1) is 6.58 Å². The van der Waals surface area contributed by atoms with Crippen LogP contribution in [0.3, 0.4) is 0 Å². The normalized spacial score (nSPS) is 11.4. The highest BCUT2D eigenvalue weighted by atomic mass is 28.4. The third-order valence-corrected chi connectivity index (χ3v) is 1.93. The molecule has 0 aliphatic carbocycles. The minimum Gasteiger partial charge on any atom is -0.417 e. The van der Waals surface area contributed by atoms with E-state index in [0.29, 0.717) is 0 Å². The molecule has 54 valence electrons. The third-order valence-electron chi connectivity index (χ3n) is 0.857. The van der Waals surface area contributed by atoms with Crippen LogP contribution < -0.4 is 0 Å². The Kier molecular flexibility index (Phi) is 3.82. The Bertz CT molecular complexity index is 83.4. The molecule has 0 bridgehead atoms. The van der Waals surface area contributed by atoms with Gasteiger partial charge in [0.1, 0.15) is 0 Å². The van der Waals surface area contributed by atoms with Crippen molar-refractivity contribution in [3.63, 3.8) is 0 Å². The number of rotatable bonds is 4. The lowest BCUT2D eigenvalue weighted by molar-refractivity contribution is 0.319. The molecular weight excluding hydrogens is 128 g/mol. The number of hydrogen-bond acceptors (Lipinski definition) is 1. The van der Waals surface area contributed by atoms with Gasteiger partial charge in [0.05, 0.1) is 0 Å². The summed E-state index contributed by atoms with van der Waals surface area (Å²) in [6, 6.07) is 0. The second kappa shape index (κ2) is 3.85. The molecule has 0 aromatic heterocycles. The zero-order chi connectivity index (χ0) is 7.33. The molecule has 0 amide bonds. The zero-order valence-electron chi connectivity index (χ0n) is 6.61. The van der Waals surface area contributed by atoms with E-state index in [-0.39, 0.29) is 0 Å². The second-order valence-corrected chi connectivity index (χ2v) is 7.55. The smallest absolute Gasteiger partial charge is 0.183 e. The van der Waals surface area contributed by atoms with Gasteiger partial charge in [-0.2, -0.15) is 0 Å². The molecule has 0 saturated carbocycles. The van der Waals surface area contributed by atoms with E-state index in [4.69, 9.17) is 4.43 Å². The molecule has 0 heterocycles. The molecular formula is C7H16OSi. The predicted octanol–water partition coefficient (Wildman–Crippen LogP) is 2.41. The van der Waals surface area contributed by atoms with E-state index in [1.165, 1.54) is 0 Å². The Morgan fingerprint density at radius 2 is 2.00 bits per heavy atom. The van der Waals surface area contributed by atoms with Gasteiger partial charge in [-0.05, 0) is 26.1 Å². The quantitative estimate of drug-likeness (QED) is 0.334. The third kappa shape index (κ3) is 7.92. The SMILES string of the molecule is C=CCCO[Si](C)(C)C. The van der Waals surface area contributed by atoms with Gasteiger partial charge in [0, 0.05) is 6.61 Å². The maximum Gasteiger partial charge on any atom is 0.183 e. The Balaban J connectivity index is 3.17. The summed E-state index contributed by atoms with van der Waals surface area (Å²) >= 11 is 0. The van der Waals surface area contributed by atoms with Crippen molar-refractivity contribution in [1.29, 1.82) is 0 Å². The Labute approximate surface area is 58.9 Å². The summed E-state index contributed by atoms with van der Waals surface area (Å²) in [6.07, 6.45) is 2.87. The monoisotopic (exact) mass is 144 g/mol. The fraction of sp³-hybridized carbons (Fsp3) is 0.714. The van der Waals surface area contributed by atoms with Crippen LogP contribution in [0, 0.1) is 0 Å². The molecule has 0 unspecified atom stereocenters. The van der Waals surface area contributed by atoms with E-state index in [0.717, 1.165) is 13.0 Å². The van der Waals surface area contributed by atoms with Crippen molar-refractivity contribution in [2.24, 2.45) is 0 Å². The molecule has 1 nitrogen and oxygen atoms in total. The molecule has 0 aliphatic rings. The second-order valence-electron chi connectivity index (χ2n) is 3.04. The molecule has 0 aromatic carbocycles. The molecule has 0 atom stereocenters. The lowest BCUT2D eigenvalue weighted by atomic mass is 10.5.